The third-order valence-electron chi connectivity index (χ3n) is 1.96. The molecule has 0 saturated heterocycles. The summed E-state index contributed by atoms with van der Waals surface area (Å²) in [6.07, 6.45) is 3.65. The number of aromatic nitrogens is 1. The van der Waals surface area contributed by atoms with Crippen molar-refractivity contribution in [1.29, 1.82) is 0 Å². The molecule has 0 fully saturated rings. The molecular formula is C10H16N2O3S2. The van der Waals surface area contributed by atoms with E-state index in [9.17, 15) is 13.2 Å². The zero-order chi connectivity index (χ0) is 12.9. The van der Waals surface area contributed by atoms with Crippen molar-refractivity contribution in [2.24, 2.45) is 0 Å². The molecule has 1 amide bonds. The van der Waals surface area contributed by atoms with Crippen LogP contribution in [0.1, 0.15) is 41.4 Å². The van der Waals surface area contributed by atoms with E-state index in [-0.39, 0.29) is 5.75 Å². The van der Waals surface area contributed by atoms with Crippen molar-refractivity contribution in [3.8, 4) is 0 Å². The van der Waals surface area contributed by atoms with Gasteiger partial charge >= 0.3 is 0 Å². The van der Waals surface area contributed by atoms with Gasteiger partial charge in [-0.2, -0.15) is 0 Å². The molecule has 17 heavy (non-hydrogen) atoms. The van der Waals surface area contributed by atoms with Crippen LogP contribution >= 0.6 is 11.3 Å². The summed E-state index contributed by atoms with van der Waals surface area (Å²) in [7, 11) is -3.50. The van der Waals surface area contributed by atoms with Crippen LogP contribution in [0.2, 0.25) is 0 Å². The molecule has 1 N–H and O–H groups in total. The number of sulfonamides is 1. The Bertz CT molecular complexity index is 479. The molecule has 1 rings (SSSR count). The molecule has 0 aromatic carbocycles. The van der Waals surface area contributed by atoms with Crippen LogP contribution in [-0.4, -0.2) is 25.1 Å². The highest BCUT2D eigenvalue weighted by Gasteiger charge is 2.17. The van der Waals surface area contributed by atoms with Crippen LogP contribution < -0.4 is 4.72 Å². The van der Waals surface area contributed by atoms with Crippen molar-refractivity contribution in [2.45, 2.75) is 33.1 Å². The standard InChI is InChI=1S/C10H16N2O3S2/c1-3-5-9-11-7-8(16-9)10(13)12-17(14,15)6-4-2/h7H,3-6H2,1-2H3,(H,12,13). The minimum Gasteiger partial charge on any atom is -0.267 e. The van der Waals surface area contributed by atoms with Crippen LogP contribution in [-0.2, 0) is 16.4 Å². The Labute approximate surface area is 105 Å². The Hall–Kier alpha value is -0.950. The summed E-state index contributed by atoms with van der Waals surface area (Å²) in [5.74, 6) is -0.627. The molecule has 7 heteroatoms. The van der Waals surface area contributed by atoms with Gasteiger partial charge in [0.2, 0.25) is 10.0 Å². The van der Waals surface area contributed by atoms with Crippen LogP contribution in [0, 0.1) is 0 Å². The quantitative estimate of drug-likeness (QED) is 0.855. The first-order valence-corrected chi connectivity index (χ1v) is 7.95. The molecule has 0 unspecified atom stereocenters. The SMILES string of the molecule is CCCc1ncc(C(=O)NS(=O)(=O)CCC)s1. The van der Waals surface area contributed by atoms with Gasteiger partial charge in [0.15, 0.2) is 0 Å². The molecule has 0 spiro atoms. The maximum atomic E-state index is 11.6. The third-order valence-corrected chi connectivity index (χ3v) is 4.46. The number of hydrogen-bond acceptors (Lipinski definition) is 5. The molecule has 1 aromatic rings. The molecule has 0 bridgehead atoms. The van der Waals surface area contributed by atoms with E-state index >= 15 is 0 Å². The number of carbonyl (C=O) groups is 1. The monoisotopic (exact) mass is 276 g/mol. The van der Waals surface area contributed by atoms with Gasteiger partial charge in [-0.05, 0) is 19.3 Å². The second-order valence-corrected chi connectivity index (χ2v) is 6.58. The van der Waals surface area contributed by atoms with Crippen molar-refractivity contribution < 1.29 is 13.2 Å². The molecule has 0 aliphatic carbocycles. The van der Waals surface area contributed by atoms with E-state index in [2.05, 4.69) is 4.98 Å². The topological polar surface area (TPSA) is 76.1 Å². The second kappa shape index (κ2) is 6.11. The van der Waals surface area contributed by atoms with Crippen LogP contribution in [0.5, 0.6) is 0 Å². The van der Waals surface area contributed by atoms with Gasteiger partial charge < -0.3 is 0 Å². The van der Waals surface area contributed by atoms with Crippen LogP contribution in [0.3, 0.4) is 0 Å². The van der Waals surface area contributed by atoms with Crippen molar-refractivity contribution in [3.05, 3.63) is 16.1 Å². The summed E-state index contributed by atoms with van der Waals surface area (Å²) < 4.78 is 24.8. The predicted molar refractivity (Wildman–Crippen MR) is 67.7 cm³/mol. The molecule has 1 heterocycles. The lowest BCUT2D eigenvalue weighted by molar-refractivity contribution is 0.0985. The van der Waals surface area contributed by atoms with E-state index < -0.39 is 15.9 Å². The van der Waals surface area contributed by atoms with Crippen molar-refractivity contribution in [1.82, 2.24) is 9.71 Å². The lowest BCUT2D eigenvalue weighted by atomic mass is 10.4. The van der Waals surface area contributed by atoms with Crippen molar-refractivity contribution in [3.63, 3.8) is 0 Å². The molecule has 0 aliphatic rings. The first kappa shape index (κ1) is 14.1. The Kier molecular flexibility index (Phi) is 5.07. The number of carbonyl (C=O) groups excluding carboxylic acids is 1. The van der Waals surface area contributed by atoms with E-state index in [4.69, 9.17) is 0 Å². The summed E-state index contributed by atoms with van der Waals surface area (Å²) in [5, 5.41) is 0.852. The molecule has 96 valence electrons. The normalized spacial score (nSPS) is 11.4. The summed E-state index contributed by atoms with van der Waals surface area (Å²) in [6, 6.07) is 0. The van der Waals surface area contributed by atoms with Gasteiger partial charge in [-0.1, -0.05) is 13.8 Å². The third kappa shape index (κ3) is 4.43. The Balaban J connectivity index is 2.69. The Morgan fingerprint density at radius 3 is 2.71 bits per heavy atom. The highest BCUT2D eigenvalue weighted by Crippen LogP contribution is 2.14. The molecule has 1 aromatic heterocycles. The molecular weight excluding hydrogens is 260 g/mol. The van der Waals surface area contributed by atoms with Gasteiger partial charge in [0, 0.05) is 0 Å². The van der Waals surface area contributed by atoms with Gasteiger partial charge in [0.1, 0.15) is 4.88 Å². The zero-order valence-electron chi connectivity index (χ0n) is 9.89. The fraction of sp³-hybridized carbons (Fsp3) is 0.600. The zero-order valence-corrected chi connectivity index (χ0v) is 11.5. The van der Waals surface area contributed by atoms with E-state index in [0.717, 1.165) is 17.8 Å². The average Bonchev–Trinajstić information content (AvgIpc) is 2.66. The van der Waals surface area contributed by atoms with Crippen LogP contribution in [0.25, 0.3) is 0 Å². The summed E-state index contributed by atoms with van der Waals surface area (Å²) >= 11 is 1.24. The second-order valence-electron chi connectivity index (χ2n) is 3.62. The lowest BCUT2D eigenvalue weighted by Gasteiger charge is -2.02. The van der Waals surface area contributed by atoms with Gasteiger partial charge in [-0.25, -0.2) is 18.1 Å². The predicted octanol–water partition coefficient (Wildman–Crippen LogP) is 1.57. The lowest BCUT2D eigenvalue weighted by Crippen LogP contribution is -2.31. The first-order valence-electron chi connectivity index (χ1n) is 5.48. The number of aryl methyl sites for hydroxylation is 1. The molecule has 0 saturated carbocycles. The number of nitrogens with one attached hydrogen (secondary N) is 1. The van der Waals surface area contributed by atoms with Crippen LogP contribution in [0.4, 0.5) is 0 Å². The number of thiazole rings is 1. The molecule has 0 radical (unpaired) electrons. The van der Waals surface area contributed by atoms with E-state index in [1.807, 2.05) is 11.6 Å². The van der Waals surface area contributed by atoms with E-state index in [0.29, 0.717) is 11.3 Å². The minimum absolute atomic E-state index is 0.0423. The highest BCUT2D eigenvalue weighted by atomic mass is 32.2. The summed E-state index contributed by atoms with van der Waals surface area (Å²) in [4.78, 5) is 16.0. The maximum absolute atomic E-state index is 11.6. The fourth-order valence-electron chi connectivity index (χ4n) is 1.26. The van der Waals surface area contributed by atoms with Crippen molar-refractivity contribution >= 4 is 27.3 Å². The molecule has 0 aliphatic heterocycles. The van der Waals surface area contributed by atoms with Gasteiger partial charge in [-0.15, -0.1) is 11.3 Å². The molecule has 5 nitrogen and oxygen atoms in total. The molecule has 0 atom stereocenters. The van der Waals surface area contributed by atoms with E-state index in [1.54, 1.807) is 6.92 Å². The summed E-state index contributed by atoms with van der Waals surface area (Å²) in [6.45, 7) is 3.77. The number of rotatable bonds is 6. The fourth-order valence-corrected chi connectivity index (χ4v) is 3.27. The number of nitrogens with zero attached hydrogens (tertiary/aromatic N) is 1. The first-order chi connectivity index (χ1) is 7.98. The number of amides is 1. The Morgan fingerprint density at radius 1 is 1.41 bits per heavy atom. The average molecular weight is 276 g/mol. The smallest absolute Gasteiger partial charge is 0.267 e. The van der Waals surface area contributed by atoms with Gasteiger partial charge in [-0.3, -0.25) is 4.79 Å². The van der Waals surface area contributed by atoms with Crippen molar-refractivity contribution in [2.75, 3.05) is 5.75 Å². The minimum atomic E-state index is -3.50. The van der Waals surface area contributed by atoms with E-state index in [1.165, 1.54) is 17.5 Å². The van der Waals surface area contributed by atoms with Gasteiger partial charge in [0.25, 0.3) is 5.91 Å². The van der Waals surface area contributed by atoms with Gasteiger partial charge in [0.05, 0.1) is 17.0 Å². The summed E-state index contributed by atoms with van der Waals surface area (Å²) in [5.41, 5.74) is 0. The Morgan fingerprint density at radius 2 is 2.12 bits per heavy atom. The highest BCUT2D eigenvalue weighted by molar-refractivity contribution is 7.90. The largest absolute Gasteiger partial charge is 0.276 e. The van der Waals surface area contributed by atoms with Crippen LogP contribution in [0.15, 0.2) is 6.20 Å². The number of hydrogen-bond donors (Lipinski definition) is 1. The maximum Gasteiger partial charge on any atom is 0.276 e.